The second kappa shape index (κ2) is 6.43. The first-order valence-corrected chi connectivity index (χ1v) is 6.83. The molecule has 0 saturated heterocycles. The van der Waals surface area contributed by atoms with E-state index in [0.717, 1.165) is 35.2 Å². The van der Waals surface area contributed by atoms with Crippen molar-refractivity contribution >= 4 is 16.8 Å². The molecule has 0 amide bonds. The number of nitrogens with two attached hydrogens (primary N) is 1. The molecule has 0 aliphatic carbocycles. The average Bonchev–Trinajstić information content (AvgIpc) is 2.84. The minimum absolute atomic E-state index is 0. The van der Waals surface area contributed by atoms with Crippen molar-refractivity contribution in [1.29, 1.82) is 0 Å². The average molecular weight is 395 g/mol. The molecule has 1 aromatic carbocycles. The molecule has 2 N–H and O–H groups in total. The Morgan fingerprint density at radius 2 is 1.95 bits per heavy atom. The first-order valence-electron chi connectivity index (χ1n) is 6.83. The molecule has 0 aliphatic heterocycles. The van der Waals surface area contributed by atoms with Crippen molar-refractivity contribution in [3.63, 3.8) is 0 Å². The molecule has 0 radical (unpaired) electrons. The van der Waals surface area contributed by atoms with Crippen LogP contribution in [0.15, 0.2) is 41.1 Å². The Morgan fingerprint density at radius 3 is 2.62 bits per heavy atom. The molecular formula is C16H18IN3O. The van der Waals surface area contributed by atoms with Crippen molar-refractivity contribution in [3.8, 4) is 11.5 Å². The summed E-state index contributed by atoms with van der Waals surface area (Å²) in [7, 11) is 0. The molecule has 3 aromatic rings. The van der Waals surface area contributed by atoms with Gasteiger partial charge in [0.25, 0.3) is 0 Å². The summed E-state index contributed by atoms with van der Waals surface area (Å²) in [6.07, 6.45) is 5.22. The van der Waals surface area contributed by atoms with E-state index in [0.29, 0.717) is 11.6 Å². The van der Waals surface area contributed by atoms with Crippen molar-refractivity contribution in [2.75, 3.05) is 5.73 Å². The highest BCUT2D eigenvalue weighted by Crippen LogP contribution is 2.27. The van der Waals surface area contributed by atoms with Crippen LogP contribution in [0.5, 0.6) is 0 Å². The number of aryl methyl sites for hydroxylation is 2. The van der Waals surface area contributed by atoms with Gasteiger partial charge in [-0.05, 0) is 24.6 Å². The van der Waals surface area contributed by atoms with Crippen molar-refractivity contribution < 1.29 is 33.0 Å². The Morgan fingerprint density at radius 1 is 1.24 bits per heavy atom. The first kappa shape index (κ1) is 15.8. The lowest BCUT2D eigenvalue weighted by atomic mass is 10.2. The standard InChI is InChI=1S/C16H18N3O.HI/c1-3-6-19-7-4-12(5-8-19)16-18-14-10-13(17)9-11(2)15(14)20-16;/h4-5,7-10H,3,6,17H2,1-2H3;1H/q+1;/p-1. The van der Waals surface area contributed by atoms with Gasteiger partial charge >= 0.3 is 0 Å². The molecule has 110 valence electrons. The highest BCUT2D eigenvalue weighted by Gasteiger charge is 2.12. The molecule has 0 spiro atoms. The van der Waals surface area contributed by atoms with Gasteiger partial charge < -0.3 is 34.1 Å². The molecule has 0 saturated carbocycles. The second-order valence-corrected chi connectivity index (χ2v) is 5.03. The summed E-state index contributed by atoms with van der Waals surface area (Å²) in [5.41, 5.74) is 10.2. The third-order valence-corrected chi connectivity index (χ3v) is 3.32. The fraction of sp³-hybridized carbons (Fsp3) is 0.250. The van der Waals surface area contributed by atoms with E-state index in [4.69, 9.17) is 10.2 Å². The van der Waals surface area contributed by atoms with Crippen LogP contribution in [0.3, 0.4) is 0 Å². The van der Waals surface area contributed by atoms with Crippen molar-refractivity contribution in [1.82, 2.24) is 4.98 Å². The summed E-state index contributed by atoms with van der Waals surface area (Å²) in [5.74, 6) is 0.636. The number of hydrogen-bond acceptors (Lipinski definition) is 3. The Hall–Kier alpha value is -1.63. The number of benzene rings is 1. The van der Waals surface area contributed by atoms with E-state index in [1.54, 1.807) is 0 Å². The maximum atomic E-state index is 5.86. The van der Waals surface area contributed by atoms with Gasteiger partial charge in [-0.25, -0.2) is 9.55 Å². The molecule has 4 nitrogen and oxygen atoms in total. The lowest BCUT2D eigenvalue weighted by Crippen LogP contribution is -3.00. The first-order chi connectivity index (χ1) is 9.67. The zero-order valence-corrected chi connectivity index (χ0v) is 14.3. The Kier molecular flexibility index (Phi) is 4.82. The van der Waals surface area contributed by atoms with E-state index in [1.165, 1.54) is 0 Å². The van der Waals surface area contributed by atoms with Crippen molar-refractivity contribution in [2.45, 2.75) is 26.8 Å². The maximum absolute atomic E-state index is 5.86. The van der Waals surface area contributed by atoms with E-state index in [-0.39, 0.29) is 24.0 Å². The van der Waals surface area contributed by atoms with Gasteiger partial charge in [0.15, 0.2) is 18.0 Å². The Labute approximate surface area is 141 Å². The number of hydrogen-bond donors (Lipinski definition) is 1. The molecule has 0 unspecified atom stereocenters. The fourth-order valence-electron chi connectivity index (χ4n) is 2.36. The molecule has 21 heavy (non-hydrogen) atoms. The number of aromatic nitrogens is 2. The summed E-state index contributed by atoms with van der Waals surface area (Å²) < 4.78 is 8.01. The predicted molar refractivity (Wildman–Crippen MR) is 79.1 cm³/mol. The third-order valence-electron chi connectivity index (χ3n) is 3.32. The number of rotatable bonds is 3. The number of anilines is 1. The van der Waals surface area contributed by atoms with Crippen molar-refractivity contribution in [3.05, 3.63) is 42.2 Å². The quantitative estimate of drug-likeness (QED) is 0.389. The van der Waals surface area contributed by atoms with Crippen LogP contribution in [0.1, 0.15) is 18.9 Å². The minimum Gasteiger partial charge on any atom is -1.00 e. The summed E-state index contributed by atoms with van der Waals surface area (Å²) in [4.78, 5) is 4.52. The van der Waals surface area contributed by atoms with Crippen LogP contribution >= 0.6 is 0 Å². The van der Waals surface area contributed by atoms with Gasteiger partial charge in [0.2, 0.25) is 5.89 Å². The fourth-order valence-corrected chi connectivity index (χ4v) is 2.36. The van der Waals surface area contributed by atoms with Gasteiger partial charge in [0.1, 0.15) is 12.1 Å². The largest absolute Gasteiger partial charge is 1.00 e. The molecule has 0 bridgehead atoms. The highest BCUT2D eigenvalue weighted by atomic mass is 127. The van der Waals surface area contributed by atoms with Crippen LogP contribution < -0.4 is 34.3 Å². The SMILES string of the molecule is CCC[n+]1ccc(-c2nc3cc(N)cc(C)c3o2)cc1.[I-]. The van der Waals surface area contributed by atoms with Gasteiger partial charge in [-0.1, -0.05) is 6.92 Å². The molecule has 0 aliphatic rings. The summed E-state index contributed by atoms with van der Waals surface area (Å²) in [6.45, 7) is 5.16. The number of halogens is 1. The number of oxazole rings is 1. The second-order valence-electron chi connectivity index (χ2n) is 5.03. The van der Waals surface area contributed by atoms with Gasteiger partial charge in [0, 0.05) is 29.8 Å². The van der Waals surface area contributed by atoms with Gasteiger partial charge in [0.05, 0.1) is 0 Å². The van der Waals surface area contributed by atoms with E-state index in [9.17, 15) is 0 Å². The van der Waals surface area contributed by atoms with Crippen LogP contribution in [-0.2, 0) is 6.54 Å². The maximum Gasteiger partial charge on any atom is 0.227 e. The monoisotopic (exact) mass is 395 g/mol. The number of pyridine rings is 1. The third kappa shape index (κ3) is 3.18. The molecule has 0 fully saturated rings. The van der Waals surface area contributed by atoms with E-state index in [1.807, 2.05) is 31.2 Å². The molecule has 5 heteroatoms. The summed E-state index contributed by atoms with van der Waals surface area (Å²) in [6, 6.07) is 7.80. The van der Waals surface area contributed by atoms with Gasteiger partial charge in [-0.15, -0.1) is 0 Å². The zero-order valence-electron chi connectivity index (χ0n) is 12.1. The lowest BCUT2D eigenvalue weighted by Gasteiger charge is -1.96. The van der Waals surface area contributed by atoms with Crippen LogP contribution in [0.2, 0.25) is 0 Å². The number of nitrogen functional groups attached to an aromatic ring is 1. The molecule has 0 atom stereocenters. The number of fused-ring (bicyclic) bond motifs is 1. The molecule has 2 heterocycles. The van der Waals surface area contributed by atoms with Crippen LogP contribution in [0.25, 0.3) is 22.6 Å². The predicted octanol–water partition coefficient (Wildman–Crippen LogP) is 0.0869. The van der Waals surface area contributed by atoms with E-state index in [2.05, 4.69) is 28.9 Å². The zero-order chi connectivity index (χ0) is 14.1. The normalized spacial score (nSPS) is 10.6. The van der Waals surface area contributed by atoms with E-state index < -0.39 is 0 Å². The van der Waals surface area contributed by atoms with Crippen LogP contribution in [0, 0.1) is 6.92 Å². The van der Waals surface area contributed by atoms with Gasteiger partial charge in [-0.3, -0.25) is 0 Å². The Bertz CT molecular complexity index is 750. The smallest absolute Gasteiger partial charge is 0.227 e. The van der Waals surface area contributed by atoms with E-state index >= 15 is 0 Å². The van der Waals surface area contributed by atoms with Gasteiger partial charge in [-0.2, -0.15) is 0 Å². The number of nitrogens with zero attached hydrogens (tertiary/aromatic N) is 2. The van der Waals surface area contributed by atoms with Crippen LogP contribution in [0.4, 0.5) is 5.69 Å². The molecule has 2 aromatic heterocycles. The minimum atomic E-state index is 0. The summed E-state index contributed by atoms with van der Waals surface area (Å²) in [5, 5.41) is 0. The molecular weight excluding hydrogens is 377 g/mol. The Balaban J connectivity index is 0.00000161. The molecule has 3 rings (SSSR count). The lowest BCUT2D eigenvalue weighted by molar-refractivity contribution is -0.696. The van der Waals surface area contributed by atoms with Crippen LogP contribution in [-0.4, -0.2) is 4.98 Å². The van der Waals surface area contributed by atoms with Crippen molar-refractivity contribution in [2.24, 2.45) is 0 Å². The summed E-state index contributed by atoms with van der Waals surface area (Å²) >= 11 is 0. The highest BCUT2D eigenvalue weighted by molar-refractivity contribution is 5.82. The topological polar surface area (TPSA) is 55.9 Å².